The minimum absolute atomic E-state index is 0.0143. The average molecular weight is 282 g/mol. The highest BCUT2D eigenvalue weighted by molar-refractivity contribution is 8.27. The number of amides is 1. The van der Waals surface area contributed by atoms with Crippen molar-refractivity contribution in [3.63, 3.8) is 0 Å². The fraction of sp³-hybridized carbons (Fsp3) is 0.273. The molecular weight excluding hydrogens is 272 g/mol. The summed E-state index contributed by atoms with van der Waals surface area (Å²) in [5.74, 6) is -0.136. The van der Waals surface area contributed by atoms with Crippen molar-refractivity contribution < 1.29 is 4.79 Å². The Labute approximate surface area is 114 Å². The third-order valence-electron chi connectivity index (χ3n) is 2.72. The molecular formula is C11H10N2OS3. The van der Waals surface area contributed by atoms with Gasteiger partial charge in [-0.1, -0.05) is 42.1 Å². The van der Waals surface area contributed by atoms with Gasteiger partial charge in [0.15, 0.2) is 5.17 Å². The van der Waals surface area contributed by atoms with E-state index in [0.717, 1.165) is 15.8 Å². The smallest absolute Gasteiger partial charge is 0.263 e. The topological polar surface area (TPSA) is 32.7 Å². The molecule has 0 bridgehead atoms. The number of fused-ring (bicyclic) bond motifs is 1. The van der Waals surface area contributed by atoms with Gasteiger partial charge in [-0.15, -0.1) is 0 Å². The molecule has 3 nitrogen and oxygen atoms in total. The first kappa shape index (κ1) is 11.5. The Balaban J connectivity index is 2.03. The molecule has 1 amide bonds. The zero-order valence-corrected chi connectivity index (χ0v) is 11.3. The van der Waals surface area contributed by atoms with E-state index in [0.29, 0.717) is 0 Å². The number of amidine groups is 1. The van der Waals surface area contributed by atoms with Crippen LogP contribution in [0.5, 0.6) is 0 Å². The highest BCUT2D eigenvalue weighted by Crippen LogP contribution is 2.44. The Morgan fingerprint density at radius 1 is 1.35 bits per heavy atom. The van der Waals surface area contributed by atoms with E-state index < -0.39 is 0 Å². The predicted octanol–water partition coefficient (Wildman–Crippen LogP) is 2.58. The summed E-state index contributed by atoms with van der Waals surface area (Å²) in [6.45, 7) is 0. The van der Waals surface area contributed by atoms with Crippen molar-refractivity contribution in [3.8, 4) is 0 Å². The van der Waals surface area contributed by atoms with Crippen LogP contribution in [0.1, 0.15) is 11.6 Å². The first-order chi connectivity index (χ1) is 8.27. The van der Waals surface area contributed by atoms with Crippen LogP contribution in [0.2, 0.25) is 0 Å². The van der Waals surface area contributed by atoms with Gasteiger partial charge in [0.2, 0.25) is 0 Å². The van der Waals surface area contributed by atoms with Crippen LogP contribution in [0.3, 0.4) is 0 Å². The van der Waals surface area contributed by atoms with Gasteiger partial charge in [-0.2, -0.15) is 17.6 Å². The van der Waals surface area contributed by atoms with Crippen LogP contribution in [0, 0.1) is 0 Å². The summed E-state index contributed by atoms with van der Waals surface area (Å²) >= 11 is 7.74. The summed E-state index contributed by atoms with van der Waals surface area (Å²) in [6, 6.07) is 10.0. The Hall–Kier alpha value is -0.590. The number of benzene rings is 1. The van der Waals surface area contributed by atoms with Crippen LogP contribution in [-0.4, -0.2) is 25.7 Å². The van der Waals surface area contributed by atoms with Crippen LogP contribution in [0.15, 0.2) is 35.3 Å². The van der Waals surface area contributed by atoms with Gasteiger partial charge >= 0.3 is 0 Å². The maximum atomic E-state index is 11.8. The van der Waals surface area contributed by atoms with Crippen molar-refractivity contribution in [1.82, 2.24) is 4.31 Å². The van der Waals surface area contributed by atoms with Crippen molar-refractivity contribution in [3.05, 3.63) is 35.9 Å². The van der Waals surface area contributed by atoms with Crippen molar-refractivity contribution in [1.29, 1.82) is 0 Å². The van der Waals surface area contributed by atoms with E-state index in [1.165, 1.54) is 0 Å². The Morgan fingerprint density at radius 3 is 2.88 bits per heavy atom. The number of rotatable bonds is 1. The molecule has 2 aliphatic heterocycles. The molecule has 1 saturated heterocycles. The quantitative estimate of drug-likeness (QED) is 0.634. The van der Waals surface area contributed by atoms with Crippen LogP contribution in [0.4, 0.5) is 0 Å². The highest BCUT2D eigenvalue weighted by Gasteiger charge is 2.41. The minimum atomic E-state index is -0.382. The lowest BCUT2D eigenvalue weighted by Gasteiger charge is -2.33. The molecule has 6 heteroatoms. The van der Waals surface area contributed by atoms with Gasteiger partial charge in [-0.3, -0.25) is 9.10 Å². The second kappa shape index (κ2) is 4.59. The van der Waals surface area contributed by atoms with E-state index in [2.05, 4.69) is 21.9 Å². The largest absolute Gasteiger partial charge is 0.285 e. The average Bonchev–Trinajstić information content (AvgIpc) is 2.79. The fourth-order valence-electron chi connectivity index (χ4n) is 1.93. The van der Waals surface area contributed by atoms with Gasteiger partial charge in [0.1, 0.15) is 5.25 Å². The van der Waals surface area contributed by atoms with E-state index in [9.17, 15) is 4.79 Å². The van der Waals surface area contributed by atoms with Crippen molar-refractivity contribution in [2.24, 2.45) is 4.99 Å². The number of thioether (sulfide) groups is 1. The number of aliphatic imine (C=N–C) groups is 1. The van der Waals surface area contributed by atoms with Crippen LogP contribution < -0.4 is 0 Å². The molecule has 1 aromatic carbocycles. The lowest BCUT2D eigenvalue weighted by molar-refractivity contribution is -0.118. The number of hydrogen-bond donors (Lipinski definition) is 1. The molecule has 0 saturated carbocycles. The monoisotopic (exact) mass is 282 g/mol. The molecule has 88 valence electrons. The normalized spacial score (nSPS) is 27.9. The molecule has 0 radical (unpaired) electrons. The van der Waals surface area contributed by atoms with Crippen molar-refractivity contribution >= 4 is 47.4 Å². The molecule has 0 aromatic heterocycles. The zero-order valence-electron chi connectivity index (χ0n) is 8.81. The van der Waals surface area contributed by atoms with Gasteiger partial charge in [0.25, 0.3) is 5.91 Å². The number of carbonyl (C=O) groups excluding carboxylic acids is 1. The Kier molecular flexibility index (Phi) is 3.10. The molecule has 2 aliphatic rings. The first-order valence-electron chi connectivity index (χ1n) is 5.18. The maximum Gasteiger partial charge on any atom is 0.263 e. The molecule has 0 N–H and O–H groups in total. The lowest BCUT2D eigenvalue weighted by Crippen LogP contribution is -2.39. The van der Waals surface area contributed by atoms with Gasteiger partial charge in [0, 0.05) is 0 Å². The van der Waals surface area contributed by atoms with E-state index in [1.807, 2.05) is 30.3 Å². The summed E-state index contributed by atoms with van der Waals surface area (Å²) in [7, 11) is 0. The molecule has 17 heavy (non-hydrogen) atoms. The molecule has 0 aliphatic carbocycles. The van der Waals surface area contributed by atoms with Gasteiger partial charge in [0.05, 0.1) is 11.1 Å². The van der Waals surface area contributed by atoms with Crippen molar-refractivity contribution in [2.75, 3.05) is 5.08 Å². The third kappa shape index (κ3) is 1.98. The Bertz CT molecular complexity index is 477. The number of thiol groups is 1. The van der Waals surface area contributed by atoms with E-state index in [4.69, 9.17) is 0 Å². The van der Waals surface area contributed by atoms with E-state index >= 15 is 0 Å². The zero-order chi connectivity index (χ0) is 11.8. The van der Waals surface area contributed by atoms with Crippen LogP contribution in [0.25, 0.3) is 0 Å². The summed E-state index contributed by atoms with van der Waals surface area (Å²) in [6.07, 6.45) is 0. The molecule has 2 heterocycles. The predicted molar refractivity (Wildman–Crippen MR) is 76.3 cm³/mol. The van der Waals surface area contributed by atoms with Crippen molar-refractivity contribution in [2.45, 2.75) is 11.3 Å². The second-order valence-electron chi connectivity index (χ2n) is 3.75. The van der Waals surface area contributed by atoms with Gasteiger partial charge in [-0.05, 0) is 17.5 Å². The summed E-state index contributed by atoms with van der Waals surface area (Å²) < 4.78 is 2.11. The second-order valence-corrected chi connectivity index (χ2v) is 6.55. The van der Waals surface area contributed by atoms with Crippen LogP contribution >= 0.6 is 36.3 Å². The van der Waals surface area contributed by atoms with E-state index in [-0.39, 0.29) is 17.2 Å². The molecule has 3 rings (SSSR count). The SMILES string of the molecule is O=C1N=C2SCSN2[C@H](c2ccccc2)[C@H]1S. The molecule has 2 atom stereocenters. The molecule has 0 spiro atoms. The van der Waals surface area contributed by atoms with Gasteiger partial charge < -0.3 is 0 Å². The summed E-state index contributed by atoms with van der Waals surface area (Å²) in [4.78, 5) is 15.9. The summed E-state index contributed by atoms with van der Waals surface area (Å²) in [5, 5.41) is 1.35. The number of hydrogen-bond acceptors (Lipinski definition) is 5. The fourth-order valence-corrected chi connectivity index (χ4v) is 4.73. The minimum Gasteiger partial charge on any atom is -0.285 e. The maximum absolute atomic E-state index is 11.8. The van der Waals surface area contributed by atoms with Gasteiger partial charge in [-0.25, -0.2) is 0 Å². The summed E-state index contributed by atoms with van der Waals surface area (Å²) in [5.41, 5.74) is 1.11. The molecule has 1 aromatic rings. The molecule has 0 unspecified atom stereocenters. The molecule has 1 fully saturated rings. The number of carbonyl (C=O) groups is 1. The number of nitrogens with zero attached hydrogens (tertiary/aromatic N) is 2. The third-order valence-corrected chi connectivity index (χ3v) is 5.46. The Morgan fingerprint density at radius 2 is 2.12 bits per heavy atom. The highest BCUT2D eigenvalue weighted by atomic mass is 32.2. The van der Waals surface area contributed by atoms with Crippen LogP contribution in [-0.2, 0) is 4.79 Å². The standard InChI is InChI=1S/C11H10N2OS3/c14-10-9(15)8(7-4-2-1-3-5-7)13-11(12-10)16-6-17-13/h1-5,8-9,15H,6H2/t8-,9-/m1/s1. The lowest BCUT2D eigenvalue weighted by atomic mass is 10.0. The first-order valence-corrected chi connectivity index (χ1v) is 7.62. The van der Waals surface area contributed by atoms with E-state index in [1.54, 1.807) is 23.7 Å².